The van der Waals surface area contributed by atoms with Crippen molar-refractivity contribution >= 4 is 43.7 Å². The standard InChI is InChI=1S/C21H19N3OS/c1-14-7-9-15(10-8-14)22-17-5-3-4-6-18(17)23-21-24-19-12-11-16(25-2)13-20(19)26-21/h3-13,22H,1-2H3,(H,23,24). The van der Waals surface area contributed by atoms with Crippen molar-refractivity contribution in [1.82, 2.24) is 4.98 Å². The van der Waals surface area contributed by atoms with Gasteiger partial charge in [0.15, 0.2) is 5.13 Å². The number of hydrogen-bond donors (Lipinski definition) is 2. The quantitative estimate of drug-likeness (QED) is 0.451. The first-order valence-electron chi connectivity index (χ1n) is 8.35. The van der Waals surface area contributed by atoms with Crippen LogP contribution < -0.4 is 15.4 Å². The zero-order valence-corrected chi connectivity index (χ0v) is 15.4. The van der Waals surface area contributed by atoms with Crippen LogP contribution in [0.5, 0.6) is 5.75 Å². The molecular weight excluding hydrogens is 342 g/mol. The molecule has 0 bridgehead atoms. The van der Waals surface area contributed by atoms with Gasteiger partial charge in [0.25, 0.3) is 0 Å². The number of aromatic nitrogens is 1. The minimum Gasteiger partial charge on any atom is -0.497 e. The van der Waals surface area contributed by atoms with Gasteiger partial charge in [0.2, 0.25) is 0 Å². The first-order chi connectivity index (χ1) is 12.7. The maximum atomic E-state index is 5.29. The van der Waals surface area contributed by atoms with Crippen LogP contribution in [0.25, 0.3) is 10.2 Å². The molecule has 0 radical (unpaired) electrons. The minimum atomic E-state index is 0.842. The van der Waals surface area contributed by atoms with Crippen molar-refractivity contribution in [2.45, 2.75) is 6.92 Å². The van der Waals surface area contributed by atoms with Gasteiger partial charge in [0.05, 0.1) is 28.7 Å². The van der Waals surface area contributed by atoms with Crippen LogP contribution in [0.4, 0.5) is 22.2 Å². The number of nitrogens with one attached hydrogen (secondary N) is 2. The molecule has 0 aliphatic heterocycles. The fraction of sp³-hybridized carbons (Fsp3) is 0.0952. The summed E-state index contributed by atoms with van der Waals surface area (Å²) in [6.45, 7) is 2.08. The molecule has 2 N–H and O–H groups in total. The van der Waals surface area contributed by atoms with Crippen LogP contribution in [0, 0.1) is 6.92 Å². The van der Waals surface area contributed by atoms with E-state index in [4.69, 9.17) is 4.74 Å². The predicted octanol–water partition coefficient (Wildman–Crippen LogP) is 6.10. The molecule has 0 aliphatic carbocycles. The molecule has 0 spiro atoms. The van der Waals surface area contributed by atoms with E-state index in [-0.39, 0.29) is 0 Å². The number of thiazole rings is 1. The first-order valence-corrected chi connectivity index (χ1v) is 9.17. The highest BCUT2D eigenvalue weighted by molar-refractivity contribution is 7.22. The summed E-state index contributed by atoms with van der Waals surface area (Å²) in [6, 6.07) is 22.4. The molecule has 4 aromatic rings. The number of anilines is 4. The van der Waals surface area contributed by atoms with Crippen molar-refractivity contribution in [3.05, 3.63) is 72.3 Å². The van der Waals surface area contributed by atoms with Crippen molar-refractivity contribution < 1.29 is 4.74 Å². The maximum Gasteiger partial charge on any atom is 0.188 e. The molecule has 0 fully saturated rings. The number of benzene rings is 3. The molecule has 3 aromatic carbocycles. The summed E-state index contributed by atoms with van der Waals surface area (Å²) in [5.74, 6) is 0.842. The fourth-order valence-electron chi connectivity index (χ4n) is 2.69. The molecule has 0 saturated heterocycles. The molecule has 4 nitrogen and oxygen atoms in total. The lowest BCUT2D eigenvalue weighted by Crippen LogP contribution is -1.97. The van der Waals surface area contributed by atoms with Gasteiger partial charge in [-0.25, -0.2) is 4.98 Å². The zero-order chi connectivity index (χ0) is 17.9. The molecule has 4 rings (SSSR count). The van der Waals surface area contributed by atoms with Crippen LogP contribution in [0.15, 0.2) is 66.7 Å². The molecule has 5 heteroatoms. The van der Waals surface area contributed by atoms with Crippen LogP contribution in [-0.2, 0) is 0 Å². The van der Waals surface area contributed by atoms with E-state index in [1.165, 1.54) is 5.56 Å². The number of nitrogens with zero attached hydrogens (tertiary/aromatic N) is 1. The summed E-state index contributed by atoms with van der Waals surface area (Å²) in [7, 11) is 1.67. The topological polar surface area (TPSA) is 46.2 Å². The monoisotopic (exact) mass is 361 g/mol. The lowest BCUT2D eigenvalue weighted by molar-refractivity contribution is 0.415. The van der Waals surface area contributed by atoms with Gasteiger partial charge >= 0.3 is 0 Å². The van der Waals surface area contributed by atoms with Crippen molar-refractivity contribution in [3.63, 3.8) is 0 Å². The smallest absolute Gasteiger partial charge is 0.188 e. The maximum absolute atomic E-state index is 5.29. The predicted molar refractivity (Wildman–Crippen MR) is 110 cm³/mol. The number of aryl methyl sites for hydroxylation is 1. The highest BCUT2D eigenvalue weighted by Crippen LogP contribution is 2.33. The van der Waals surface area contributed by atoms with Gasteiger partial charge in [0, 0.05) is 5.69 Å². The Morgan fingerprint density at radius 2 is 1.62 bits per heavy atom. The van der Waals surface area contributed by atoms with Crippen LogP contribution in [0.2, 0.25) is 0 Å². The molecule has 0 aliphatic rings. The third kappa shape index (κ3) is 3.48. The summed E-state index contributed by atoms with van der Waals surface area (Å²) >= 11 is 1.61. The molecule has 1 aromatic heterocycles. The average molecular weight is 361 g/mol. The van der Waals surface area contributed by atoms with Crippen LogP contribution in [0.1, 0.15) is 5.56 Å². The minimum absolute atomic E-state index is 0.842. The Bertz CT molecular complexity index is 1040. The molecule has 130 valence electrons. The van der Waals surface area contributed by atoms with E-state index in [1.54, 1.807) is 18.4 Å². The van der Waals surface area contributed by atoms with Crippen molar-refractivity contribution in [2.75, 3.05) is 17.7 Å². The molecule has 0 saturated carbocycles. The van der Waals surface area contributed by atoms with Crippen LogP contribution in [-0.4, -0.2) is 12.1 Å². The van der Waals surface area contributed by atoms with Gasteiger partial charge in [-0.2, -0.15) is 0 Å². The van der Waals surface area contributed by atoms with Crippen LogP contribution >= 0.6 is 11.3 Å². The van der Waals surface area contributed by atoms with Gasteiger partial charge in [0.1, 0.15) is 5.75 Å². The Morgan fingerprint density at radius 1 is 0.885 bits per heavy atom. The SMILES string of the molecule is COc1ccc2nc(Nc3ccccc3Nc3ccc(C)cc3)sc2c1. The number of methoxy groups -OCH3 is 1. The van der Waals surface area contributed by atoms with E-state index in [2.05, 4.69) is 52.9 Å². The van der Waals surface area contributed by atoms with E-state index in [1.807, 2.05) is 36.4 Å². The lowest BCUT2D eigenvalue weighted by Gasteiger charge is -2.12. The largest absolute Gasteiger partial charge is 0.497 e. The number of hydrogen-bond acceptors (Lipinski definition) is 5. The zero-order valence-electron chi connectivity index (χ0n) is 14.6. The Kier molecular flexibility index (Phi) is 4.46. The van der Waals surface area contributed by atoms with Gasteiger partial charge in [-0.15, -0.1) is 0 Å². The molecular formula is C21H19N3OS. The summed E-state index contributed by atoms with van der Waals surface area (Å²) < 4.78 is 6.39. The first kappa shape index (κ1) is 16.4. The van der Waals surface area contributed by atoms with Crippen molar-refractivity contribution in [2.24, 2.45) is 0 Å². The highest BCUT2D eigenvalue weighted by Gasteiger charge is 2.08. The normalized spacial score (nSPS) is 10.7. The van der Waals surface area contributed by atoms with E-state index in [0.717, 1.165) is 38.2 Å². The van der Waals surface area contributed by atoms with Crippen molar-refractivity contribution in [3.8, 4) is 5.75 Å². The third-order valence-corrected chi connectivity index (χ3v) is 5.03. The third-order valence-electron chi connectivity index (χ3n) is 4.09. The van der Waals surface area contributed by atoms with Crippen LogP contribution in [0.3, 0.4) is 0 Å². The molecule has 26 heavy (non-hydrogen) atoms. The van der Waals surface area contributed by atoms with Crippen molar-refractivity contribution in [1.29, 1.82) is 0 Å². The summed E-state index contributed by atoms with van der Waals surface area (Å²) in [5, 5.41) is 7.75. The Labute approximate surface area is 156 Å². The average Bonchev–Trinajstić information content (AvgIpc) is 3.06. The molecule has 0 unspecified atom stereocenters. The Balaban J connectivity index is 1.61. The van der Waals surface area contributed by atoms with E-state index in [0.29, 0.717) is 0 Å². The fourth-order valence-corrected chi connectivity index (χ4v) is 3.60. The molecule has 0 atom stereocenters. The molecule has 1 heterocycles. The lowest BCUT2D eigenvalue weighted by atomic mass is 10.2. The second-order valence-electron chi connectivity index (χ2n) is 6.01. The second kappa shape index (κ2) is 7.06. The Morgan fingerprint density at radius 3 is 2.35 bits per heavy atom. The van der Waals surface area contributed by atoms with E-state index < -0.39 is 0 Å². The van der Waals surface area contributed by atoms with Gasteiger partial charge in [-0.05, 0) is 49.4 Å². The van der Waals surface area contributed by atoms with Gasteiger partial charge < -0.3 is 15.4 Å². The summed E-state index contributed by atoms with van der Waals surface area (Å²) in [4.78, 5) is 4.67. The van der Waals surface area contributed by atoms with Gasteiger partial charge in [-0.3, -0.25) is 0 Å². The highest BCUT2D eigenvalue weighted by atomic mass is 32.1. The second-order valence-corrected chi connectivity index (χ2v) is 7.04. The molecule has 0 amide bonds. The van der Waals surface area contributed by atoms with E-state index >= 15 is 0 Å². The van der Waals surface area contributed by atoms with Gasteiger partial charge in [-0.1, -0.05) is 41.2 Å². The number of ether oxygens (including phenoxy) is 1. The summed E-state index contributed by atoms with van der Waals surface area (Å²) in [5.41, 5.74) is 5.25. The summed E-state index contributed by atoms with van der Waals surface area (Å²) in [6.07, 6.45) is 0. The Hall–Kier alpha value is -3.05. The number of rotatable bonds is 5. The number of fused-ring (bicyclic) bond motifs is 1. The number of para-hydroxylation sites is 2. The van der Waals surface area contributed by atoms with E-state index in [9.17, 15) is 0 Å².